The number of ether oxygens (including phenoxy) is 1. The Bertz CT molecular complexity index is 292. The van der Waals surface area contributed by atoms with E-state index in [0.29, 0.717) is 23.0 Å². The molecule has 1 N–H and O–H groups in total. The summed E-state index contributed by atoms with van der Waals surface area (Å²) < 4.78 is 5.90. The maximum atomic E-state index is 5.90. The highest BCUT2D eigenvalue weighted by Gasteiger charge is 2.51. The van der Waals surface area contributed by atoms with Crippen molar-refractivity contribution in [2.45, 2.75) is 91.3 Å². The highest BCUT2D eigenvalue weighted by molar-refractivity contribution is 5.06. The van der Waals surface area contributed by atoms with Crippen LogP contribution in [0.3, 0.4) is 0 Å². The third-order valence-electron chi connectivity index (χ3n) is 5.89. The molecule has 19 heavy (non-hydrogen) atoms. The second-order valence-corrected chi connectivity index (χ2v) is 7.70. The van der Waals surface area contributed by atoms with Gasteiger partial charge in [-0.05, 0) is 50.9 Å². The molecule has 0 aliphatic heterocycles. The van der Waals surface area contributed by atoms with Gasteiger partial charge in [0.2, 0.25) is 0 Å². The van der Waals surface area contributed by atoms with Crippen molar-refractivity contribution in [3.63, 3.8) is 0 Å². The minimum Gasteiger partial charge on any atom is -0.378 e. The van der Waals surface area contributed by atoms with E-state index in [1.165, 1.54) is 38.5 Å². The summed E-state index contributed by atoms with van der Waals surface area (Å²) >= 11 is 0. The van der Waals surface area contributed by atoms with E-state index in [1.54, 1.807) is 0 Å². The number of hydrogen-bond donors (Lipinski definition) is 1. The summed E-state index contributed by atoms with van der Waals surface area (Å²) in [5.74, 6) is 0. The van der Waals surface area contributed by atoms with E-state index in [2.05, 4.69) is 39.9 Å². The van der Waals surface area contributed by atoms with Gasteiger partial charge in [0, 0.05) is 24.1 Å². The number of hydrogen-bond acceptors (Lipinski definition) is 2. The van der Waals surface area contributed by atoms with E-state index in [1.807, 2.05) is 0 Å². The Morgan fingerprint density at radius 3 is 2.26 bits per heavy atom. The van der Waals surface area contributed by atoms with E-state index in [-0.39, 0.29) is 0 Å². The van der Waals surface area contributed by atoms with Crippen LogP contribution in [0.15, 0.2) is 0 Å². The highest BCUT2D eigenvalue weighted by atomic mass is 16.5. The summed E-state index contributed by atoms with van der Waals surface area (Å²) in [7, 11) is 0. The van der Waals surface area contributed by atoms with E-state index in [4.69, 9.17) is 4.74 Å². The SMILES string of the molecule is CCOC1CC(NC2CCC(C)(C)CC2)C1(C)CC. The zero-order chi connectivity index (χ0) is 14.1. The van der Waals surface area contributed by atoms with E-state index >= 15 is 0 Å². The molecule has 0 heterocycles. The Morgan fingerprint density at radius 1 is 1.11 bits per heavy atom. The molecule has 2 saturated carbocycles. The quantitative estimate of drug-likeness (QED) is 0.808. The fraction of sp³-hybridized carbons (Fsp3) is 1.00. The van der Waals surface area contributed by atoms with Crippen molar-refractivity contribution >= 4 is 0 Å². The second-order valence-electron chi connectivity index (χ2n) is 7.70. The van der Waals surface area contributed by atoms with E-state index in [0.717, 1.165) is 12.6 Å². The molecule has 3 atom stereocenters. The molecule has 3 unspecified atom stereocenters. The molecule has 2 aliphatic carbocycles. The molecule has 2 aliphatic rings. The summed E-state index contributed by atoms with van der Waals surface area (Å²) in [6.45, 7) is 12.5. The fourth-order valence-corrected chi connectivity index (χ4v) is 3.86. The maximum Gasteiger partial charge on any atom is 0.0658 e. The Labute approximate surface area is 119 Å². The van der Waals surface area contributed by atoms with Crippen LogP contribution in [0.5, 0.6) is 0 Å². The summed E-state index contributed by atoms with van der Waals surface area (Å²) in [4.78, 5) is 0. The molecule has 0 aromatic heterocycles. The van der Waals surface area contributed by atoms with E-state index in [9.17, 15) is 0 Å². The van der Waals surface area contributed by atoms with Gasteiger partial charge in [0.05, 0.1) is 6.10 Å². The predicted molar refractivity (Wildman–Crippen MR) is 81.4 cm³/mol. The Morgan fingerprint density at radius 2 is 1.74 bits per heavy atom. The van der Waals surface area contributed by atoms with E-state index < -0.39 is 0 Å². The Hall–Kier alpha value is -0.0800. The van der Waals surface area contributed by atoms with Gasteiger partial charge >= 0.3 is 0 Å². The largest absolute Gasteiger partial charge is 0.378 e. The zero-order valence-electron chi connectivity index (χ0n) is 13.6. The van der Waals surface area contributed by atoms with Crippen LogP contribution in [0, 0.1) is 10.8 Å². The molecule has 0 spiro atoms. The highest BCUT2D eigenvalue weighted by Crippen LogP contribution is 2.47. The molecule has 0 radical (unpaired) electrons. The van der Waals surface area contributed by atoms with Gasteiger partial charge < -0.3 is 10.1 Å². The molecule has 112 valence electrons. The molecule has 0 bridgehead atoms. The average Bonchev–Trinajstić information content (AvgIpc) is 2.38. The first-order valence-electron chi connectivity index (χ1n) is 8.29. The third-order valence-corrected chi connectivity index (χ3v) is 5.89. The van der Waals surface area contributed by atoms with Gasteiger partial charge in [-0.25, -0.2) is 0 Å². The van der Waals surface area contributed by atoms with Gasteiger partial charge in [0.25, 0.3) is 0 Å². The van der Waals surface area contributed by atoms with Gasteiger partial charge in [-0.2, -0.15) is 0 Å². The summed E-state index contributed by atoms with van der Waals surface area (Å²) in [5, 5.41) is 3.94. The summed E-state index contributed by atoms with van der Waals surface area (Å²) in [5.41, 5.74) is 0.919. The second kappa shape index (κ2) is 5.73. The molecule has 2 heteroatoms. The van der Waals surface area contributed by atoms with Crippen molar-refractivity contribution in [1.82, 2.24) is 5.32 Å². The molecule has 0 aromatic rings. The maximum absolute atomic E-state index is 5.90. The first-order chi connectivity index (χ1) is 8.91. The lowest BCUT2D eigenvalue weighted by atomic mass is 9.61. The average molecular weight is 267 g/mol. The zero-order valence-corrected chi connectivity index (χ0v) is 13.6. The first-order valence-corrected chi connectivity index (χ1v) is 8.29. The van der Waals surface area contributed by atoms with Crippen LogP contribution >= 0.6 is 0 Å². The lowest BCUT2D eigenvalue weighted by Crippen LogP contribution is -2.64. The number of nitrogens with one attached hydrogen (secondary N) is 1. The normalized spacial score (nSPS) is 39.0. The van der Waals surface area contributed by atoms with Crippen LogP contribution in [0.4, 0.5) is 0 Å². The van der Waals surface area contributed by atoms with Crippen molar-refractivity contribution in [3.05, 3.63) is 0 Å². The van der Waals surface area contributed by atoms with Crippen molar-refractivity contribution in [1.29, 1.82) is 0 Å². The molecule has 2 nitrogen and oxygen atoms in total. The number of rotatable bonds is 5. The molecule has 0 amide bonds. The molecule has 2 rings (SSSR count). The Balaban J connectivity index is 1.84. The van der Waals surface area contributed by atoms with Gasteiger partial charge in [0.15, 0.2) is 0 Å². The van der Waals surface area contributed by atoms with Crippen molar-refractivity contribution < 1.29 is 4.74 Å². The first kappa shape index (κ1) is 15.3. The lowest BCUT2D eigenvalue weighted by molar-refractivity contribution is -0.129. The molecular formula is C17H33NO. The monoisotopic (exact) mass is 267 g/mol. The third kappa shape index (κ3) is 3.16. The molecule has 2 fully saturated rings. The van der Waals surface area contributed by atoms with Crippen LogP contribution in [0.25, 0.3) is 0 Å². The molecule has 0 saturated heterocycles. The predicted octanol–water partition coefficient (Wildman–Crippen LogP) is 4.14. The van der Waals surface area contributed by atoms with Crippen molar-refractivity contribution in [2.75, 3.05) is 6.61 Å². The standard InChI is InChI=1S/C17H33NO/c1-6-17(5)14(12-15(17)19-7-2)18-13-8-10-16(3,4)11-9-13/h13-15,18H,6-12H2,1-5H3. The van der Waals surface area contributed by atoms with Gasteiger partial charge in [-0.1, -0.05) is 27.7 Å². The lowest BCUT2D eigenvalue weighted by Gasteiger charge is -2.55. The Kier molecular flexibility index (Phi) is 4.62. The van der Waals surface area contributed by atoms with Crippen molar-refractivity contribution in [2.24, 2.45) is 10.8 Å². The fourth-order valence-electron chi connectivity index (χ4n) is 3.86. The van der Waals surface area contributed by atoms with Gasteiger partial charge in [0.1, 0.15) is 0 Å². The van der Waals surface area contributed by atoms with Crippen LogP contribution in [-0.2, 0) is 4.74 Å². The van der Waals surface area contributed by atoms with Gasteiger partial charge in [-0.15, -0.1) is 0 Å². The molecular weight excluding hydrogens is 234 g/mol. The van der Waals surface area contributed by atoms with Crippen LogP contribution in [-0.4, -0.2) is 24.8 Å². The van der Waals surface area contributed by atoms with Crippen LogP contribution in [0.2, 0.25) is 0 Å². The topological polar surface area (TPSA) is 21.3 Å². The minimum atomic E-state index is 0.350. The minimum absolute atomic E-state index is 0.350. The summed E-state index contributed by atoms with van der Waals surface area (Å²) in [6.07, 6.45) is 8.33. The summed E-state index contributed by atoms with van der Waals surface area (Å²) in [6, 6.07) is 1.41. The van der Waals surface area contributed by atoms with Crippen LogP contribution in [0.1, 0.15) is 73.1 Å². The van der Waals surface area contributed by atoms with Gasteiger partial charge in [-0.3, -0.25) is 0 Å². The van der Waals surface area contributed by atoms with Crippen molar-refractivity contribution in [3.8, 4) is 0 Å². The molecule has 0 aromatic carbocycles. The smallest absolute Gasteiger partial charge is 0.0658 e. The van der Waals surface area contributed by atoms with Crippen LogP contribution < -0.4 is 5.32 Å².